The van der Waals surface area contributed by atoms with E-state index < -0.39 is 5.97 Å². The Morgan fingerprint density at radius 1 is 1.50 bits per heavy atom. The Hall–Kier alpha value is -1.58. The molecular formula is C8H9NO3. The summed E-state index contributed by atoms with van der Waals surface area (Å²) >= 11 is 0. The third kappa shape index (κ3) is 1.53. The third-order valence-corrected chi connectivity index (χ3v) is 1.41. The lowest BCUT2D eigenvalue weighted by molar-refractivity contribution is 0.0596. The molecule has 4 nitrogen and oxygen atoms in total. The molecule has 4 heteroatoms. The van der Waals surface area contributed by atoms with Gasteiger partial charge in [-0.25, -0.2) is 4.79 Å². The Morgan fingerprint density at radius 2 is 2.25 bits per heavy atom. The number of rotatable bonds is 2. The number of methoxy groups -OCH3 is 2. The fourth-order valence-electron chi connectivity index (χ4n) is 0.823. The summed E-state index contributed by atoms with van der Waals surface area (Å²) < 4.78 is 9.45. The standard InChI is InChI=1S/C8H9NO3/c1-11-7-3-4-9-5-6(7)8(10)12-2/h3-5H,1-2H3. The van der Waals surface area contributed by atoms with Crippen molar-refractivity contribution in [3.63, 3.8) is 0 Å². The lowest BCUT2D eigenvalue weighted by Crippen LogP contribution is -2.04. The molecule has 0 aromatic carbocycles. The van der Waals surface area contributed by atoms with Crippen molar-refractivity contribution in [3.05, 3.63) is 24.0 Å². The summed E-state index contributed by atoms with van der Waals surface area (Å²) in [6.07, 6.45) is 2.95. The van der Waals surface area contributed by atoms with E-state index >= 15 is 0 Å². The van der Waals surface area contributed by atoms with Crippen molar-refractivity contribution >= 4 is 5.97 Å². The number of esters is 1. The molecule has 0 unspecified atom stereocenters. The number of aromatic nitrogens is 1. The van der Waals surface area contributed by atoms with Crippen LogP contribution in [0.1, 0.15) is 10.4 Å². The summed E-state index contributed by atoms with van der Waals surface area (Å²) in [4.78, 5) is 14.8. The molecule has 0 fully saturated rings. The van der Waals surface area contributed by atoms with E-state index in [0.29, 0.717) is 11.3 Å². The van der Waals surface area contributed by atoms with Crippen molar-refractivity contribution in [1.29, 1.82) is 0 Å². The second-order valence-corrected chi connectivity index (χ2v) is 2.07. The second-order valence-electron chi connectivity index (χ2n) is 2.07. The van der Waals surface area contributed by atoms with E-state index in [1.165, 1.54) is 20.4 Å². The molecular weight excluding hydrogens is 158 g/mol. The molecule has 0 bridgehead atoms. The van der Waals surface area contributed by atoms with Gasteiger partial charge >= 0.3 is 5.97 Å². The van der Waals surface area contributed by atoms with Crippen LogP contribution in [0.5, 0.6) is 5.75 Å². The van der Waals surface area contributed by atoms with Crippen LogP contribution in [0, 0.1) is 0 Å². The van der Waals surface area contributed by atoms with Gasteiger partial charge in [0.1, 0.15) is 11.3 Å². The molecule has 0 aliphatic rings. The number of nitrogens with zero attached hydrogens (tertiary/aromatic N) is 1. The van der Waals surface area contributed by atoms with E-state index in [-0.39, 0.29) is 0 Å². The van der Waals surface area contributed by atoms with E-state index in [1.807, 2.05) is 0 Å². The highest BCUT2D eigenvalue weighted by Crippen LogP contribution is 2.15. The highest BCUT2D eigenvalue weighted by Gasteiger charge is 2.11. The van der Waals surface area contributed by atoms with Gasteiger partial charge in [0, 0.05) is 12.4 Å². The fraction of sp³-hybridized carbons (Fsp3) is 0.250. The van der Waals surface area contributed by atoms with Crippen LogP contribution >= 0.6 is 0 Å². The molecule has 0 aliphatic carbocycles. The monoisotopic (exact) mass is 167 g/mol. The van der Waals surface area contributed by atoms with Crippen molar-refractivity contribution in [3.8, 4) is 5.75 Å². The molecule has 1 aromatic rings. The topological polar surface area (TPSA) is 48.4 Å². The normalized spacial score (nSPS) is 9.17. The Kier molecular flexibility index (Phi) is 2.63. The first-order valence-electron chi connectivity index (χ1n) is 3.36. The van der Waals surface area contributed by atoms with Gasteiger partial charge in [0.2, 0.25) is 0 Å². The largest absolute Gasteiger partial charge is 0.496 e. The number of ether oxygens (including phenoxy) is 2. The number of carbonyl (C=O) groups is 1. The van der Waals surface area contributed by atoms with Gasteiger partial charge in [-0.15, -0.1) is 0 Å². The maximum Gasteiger partial charge on any atom is 0.343 e. The zero-order valence-corrected chi connectivity index (χ0v) is 6.90. The molecule has 0 N–H and O–H groups in total. The van der Waals surface area contributed by atoms with Crippen molar-refractivity contribution in [2.45, 2.75) is 0 Å². The average Bonchev–Trinajstić information content (AvgIpc) is 2.16. The van der Waals surface area contributed by atoms with Crippen LogP contribution in [0.25, 0.3) is 0 Å². The summed E-state index contributed by atoms with van der Waals surface area (Å²) in [5.41, 5.74) is 0.336. The Labute approximate surface area is 70.1 Å². The molecule has 0 atom stereocenters. The molecule has 64 valence electrons. The molecule has 0 spiro atoms. The van der Waals surface area contributed by atoms with E-state index in [1.54, 1.807) is 12.3 Å². The third-order valence-electron chi connectivity index (χ3n) is 1.41. The Balaban J connectivity index is 3.04. The average molecular weight is 167 g/mol. The molecule has 1 heterocycles. The maximum atomic E-state index is 11.1. The van der Waals surface area contributed by atoms with Crippen LogP contribution in [0.2, 0.25) is 0 Å². The summed E-state index contributed by atoms with van der Waals surface area (Å²) in [7, 11) is 2.80. The molecule has 12 heavy (non-hydrogen) atoms. The summed E-state index contributed by atoms with van der Waals surface area (Å²) in [6, 6.07) is 1.60. The van der Waals surface area contributed by atoms with Crippen molar-refractivity contribution < 1.29 is 14.3 Å². The number of hydrogen-bond acceptors (Lipinski definition) is 4. The number of hydrogen-bond donors (Lipinski definition) is 0. The highest BCUT2D eigenvalue weighted by molar-refractivity contribution is 5.91. The van der Waals surface area contributed by atoms with Crippen LogP contribution in [-0.4, -0.2) is 25.2 Å². The molecule has 0 radical (unpaired) electrons. The predicted octanol–water partition coefficient (Wildman–Crippen LogP) is 0.877. The first-order chi connectivity index (χ1) is 5.79. The van der Waals surface area contributed by atoms with E-state index in [2.05, 4.69) is 9.72 Å². The van der Waals surface area contributed by atoms with E-state index in [0.717, 1.165) is 0 Å². The van der Waals surface area contributed by atoms with Gasteiger partial charge in [-0.1, -0.05) is 0 Å². The lowest BCUT2D eigenvalue weighted by atomic mass is 10.2. The Morgan fingerprint density at radius 3 is 2.83 bits per heavy atom. The highest BCUT2D eigenvalue weighted by atomic mass is 16.5. The number of carbonyl (C=O) groups excluding carboxylic acids is 1. The molecule has 1 aromatic heterocycles. The van der Waals surface area contributed by atoms with Crippen molar-refractivity contribution in [1.82, 2.24) is 4.98 Å². The quantitative estimate of drug-likeness (QED) is 0.613. The van der Waals surface area contributed by atoms with Gasteiger partial charge in [-0.2, -0.15) is 0 Å². The van der Waals surface area contributed by atoms with Crippen LogP contribution < -0.4 is 4.74 Å². The minimum Gasteiger partial charge on any atom is -0.496 e. The Bertz CT molecular complexity index is 285. The second kappa shape index (κ2) is 3.71. The zero-order valence-electron chi connectivity index (χ0n) is 6.90. The SMILES string of the molecule is COC(=O)c1cnccc1OC. The van der Waals surface area contributed by atoms with E-state index in [4.69, 9.17) is 4.74 Å². The minimum absolute atomic E-state index is 0.336. The smallest absolute Gasteiger partial charge is 0.343 e. The first kappa shape index (κ1) is 8.52. The summed E-state index contributed by atoms with van der Waals surface area (Å²) in [5, 5.41) is 0. The van der Waals surface area contributed by atoms with Crippen LogP contribution in [0.3, 0.4) is 0 Å². The molecule has 0 saturated heterocycles. The molecule has 0 aliphatic heterocycles. The molecule has 0 amide bonds. The lowest BCUT2D eigenvalue weighted by Gasteiger charge is -2.04. The first-order valence-corrected chi connectivity index (χ1v) is 3.36. The van der Waals surface area contributed by atoms with Crippen LogP contribution in [0.4, 0.5) is 0 Å². The van der Waals surface area contributed by atoms with Crippen molar-refractivity contribution in [2.24, 2.45) is 0 Å². The fourth-order valence-corrected chi connectivity index (χ4v) is 0.823. The molecule has 1 rings (SSSR count). The summed E-state index contributed by atoms with van der Waals surface area (Å²) in [5.74, 6) is 0.0248. The molecule has 0 saturated carbocycles. The van der Waals surface area contributed by atoms with Gasteiger partial charge in [-0.3, -0.25) is 4.98 Å². The van der Waals surface area contributed by atoms with Gasteiger partial charge in [0.15, 0.2) is 0 Å². The van der Waals surface area contributed by atoms with Gasteiger partial charge in [0.25, 0.3) is 0 Å². The van der Waals surface area contributed by atoms with Crippen LogP contribution in [0.15, 0.2) is 18.5 Å². The van der Waals surface area contributed by atoms with E-state index in [9.17, 15) is 4.79 Å². The zero-order chi connectivity index (χ0) is 8.97. The summed E-state index contributed by atoms with van der Waals surface area (Å²) in [6.45, 7) is 0. The van der Waals surface area contributed by atoms with Gasteiger partial charge < -0.3 is 9.47 Å². The predicted molar refractivity (Wildman–Crippen MR) is 42.1 cm³/mol. The van der Waals surface area contributed by atoms with Gasteiger partial charge in [-0.05, 0) is 6.07 Å². The van der Waals surface area contributed by atoms with Gasteiger partial charge in [0.05, 0.1) is 14.2 Å². The maximum absolute atomic E-state index is 11.1. The van der Waals surface area contributed by atoms with Crippen molar-refractivity contribution in [2.75, 3.05) is 14.2 Å². The van der Waals surface area contributed by atoms with Crippen LogP contribution in [-0.2, 0) is 4.74 Å². The number of pyridine rings is 1. The minimum atomic E-state index is -0.444.